The van der Waals surface area contributed by atoms with Crippen LogP contribution in [0.25, 0.3) is 11.9 Å². The van der Waals surface area contributed by atoms with E-state index in [9.17, 15) is 30.6 Å². The molecule has 1 aliphatic heterocycles. The number of nitrogens with zero attached hydrogens (tertiary/aromatic N) is 3. The van der Waals surface area contributed by atoms with Gasteiger partial charge in [0.05, 0.1) is 23.1 Å². The Labute approximate surface area is 169 Å². The van der Waals surface area contributed by atoms with Gasteiger partial charge in [-0.3, -0.25) is 9.29 Å². The molecular weight excluding hydrogens is 434 g/mol. The Morgan fingerprint density at radius 3 is 2.57 bits per heavy atom. The summed E-state index contributed by atoms with van der Waals surface area (Å²) in [5, 5.41) is 0. The third kappa shape index (κ3) is 4.48. The van der Waals surface area contributed by atoms with Crippen molar-refractivity contribution in [1.82, 2.24) is 9.29 Å². The van der Waals surface area contributed by atoms with Gasteiger partial charge in [0.1, 0.15) is 16.8 Å². The van der Waals surface area contributed by atoms with Crippen LogP contribution in [0.1, 0.15) is 28.4 Å². The van der Waals surface area contributed by atoms with E-state index in [-0.39, 0.29) is 22.8 Å². The molecule has 12 heteroatoms. The second-order valence-electron chi connectivity index (χ2n) is 6.32. The van der Waals surface area contributed by atoms with Crippen LogP contribution in [-0.2, 0) is 17.2 Å². The summed E-state index contributed by atoms with van der Waals surface area (Å²) in [6.45, 7) is 0. The molecule has 0 saturated heterocycles. The number of halogens is 6. The molecule has 3 rings (SSSR count). The Hall–Kier alpha value is -2.89. The second-order valence-corrected chi connectivity index (χ2v) is 7.84. The van der Waals surface area contributed by atoms with E-state index in [4.69, 9.17) is 5.73 Å². The Balaban J connectivity index is 1.96. The van der Waals surface area contributed by atoms with Crippen LogP contribution in [0.5, 0.6) is 0 Å². The van der Waals surface area contributed by atoms with Crippen molar-refractivity contribution < 1.29 is 30.6 Å². The number of aromatic nitrogens is 1. The zero-order valence-corrected chi connectivity index (χ0v) is 16.1. The highest BCUT2D eigenvalue weighted by atomic mass is 32.2. The average Bonchev–Trinajstić information content (AvgIpc) is 2.67. The molecule has 0 aliphatic carbocycles. The molecule has 1 aliphatic rings. The molecule has 0 bridgehead atoms. The lowest BCUT2D eigenvalue weighted by Crippen LogP contribution is -2.41. The van der Waals surface area contributed by atoms with Crippen LogP contribution in [0.3, 0.4) is 0 Å². The molecule has 0 radical (unpaired) electrons. The van der Waals surface area contributed by atoms with E-state index in [0.717, 1.165) is 18.2 Å². The van der Waals surface area contributed by atoms with E-state index in [1.165, 1.54) is 11.4 Å². The monoisotopic (exact) mass is 448 g/mol. The molecular formula is C18H14F6N4OS. The van der Waals surface area contributed by atoms with Crippen molar-refractivity contribution >= 4 is 28.8 Å². The Morgan fingerprint density at radius 2 is 2.00 bits per heavy atom. The fraction of sp³-hybridized carbons (Fsp3) is 0.222. The quantitative estimate of drug-likeness (QED) is 0.726. The predicted octanol–water partition coefficient (Wildman–Crippen LogP) is 3.81. The van der Waals surface area contributed by atoms with Crippen molar-refractivity contribution in [1.29, 1.82) is 0 Å². The van der Waals surface area contributed by atoms with Gasteiger partial charge in [-0.2, -0.15) is 13.2 Å². The maximum absolute atomic E-state index is 14.4. The van der Waals surface area contributed by atoms with Crippen LogP contribution in [-0.4, -0.2) is 32.3 Å². The van der Waals surface area contributed by atoms with Crippen molar-refractivity contribution in [3.05, 3.63) is 64.5 Å². The summed E-state index contributed by atoms with van der Waals surface area (Å²) in [6, 6.07) is 2.23. The van der Waals surface area contributed by atoms with Crippen LogP contribution < -0.4 is 5.73 Å². The number of hydrogen-bond acceptors (Lipinski definition) is 4. The molecule has 1 aromatic carbocycles. The number of aliphatic imine (C=N–C) groups is 1. The van der Waals surface area contributed by atoms with Crippen molar-refractivity contribution in [2.24, 2.45) is 10.7 Å². The lowest BCUT2D eigenvalue weighted by atomic mass is 10.0. The maximum atomic E-state index is 14.4. The molecule has 5 nitrogen and oxygen atoms in total. The molecule has 2 unspecified atom stereocenters. The van der Waals surface area contributed by atoms with Crippen LogP contribution in [0.2, 0.25) is 0 Å². The zero-order valence-electron chi connectivity index (χ0n) is 15.3. The number of guanidine groups is 1. The SMILES string of the molecule is CN1C(N)=NC(c2cc(/C=C(\F)c3ccc(C(F)(F)F)cn3)cc(F)c2F)CS1=O. The topological polar surface area (TPSA) is 71.6 Å². The molecule has 160 valence electrons. The van der Waals surface area contributed by atoms with Gasteiger partial charge < -0.3 is 5.73 Å². The summed E-state index contributed by atoms with van der Waals surface area (Å²) in [6.07, 6.45) is -3.37. The number of alkyl halides is 3. The molecule has 30 heavy (non-hydrogen) atoms. The third-order valence-electron chi connectivity index (χ3n) is 4.28. The molecule has 2 heterocycles. The van der Waals surface area contributed by atoms with Gasteiger partial charge in [0.2, 0.25) is 5.96 Å². The van der Waals surface area contributed by atoms with Gasteiger partial charge in [0, 0.05) is 18.8 Å². The van der Waals surface area contributed by atoms with E-state index in [0.29, 0.717) is 18.3 Å². The molecule has 2 N–H and O–H groups in total. The molecule has 2 aromatic rings. The minimum absolute atomic E-state index is 0.124. The third-order valence-corrected chi connectivity index (χ3v) is 5.68. The van der Waals surface area contributed by atoms with Gasteiger partial charge in [-0.05, 0) is 35.9 Å². The lowest BCUT2D eigenvalue weighted by Gasteiger charge is -2.26. The van der Waals surface area contributed by atoms with E-state index in [1.54, 1.807) is 0 Å². The summed E-state index contributed by atoms with van der Waals surface area (Å²) < 4.78 is 93.7. The Bertz CT molecular complexity index is 1050. The number of rotatable bonds is 3. The van der Waals surface area contributed by atoms with Gasteiger partial charge in [-0.1, -0.05) is 0 Å². The fourth-order valence-corrected chi connectivity index (χ4v) is 3.67. The van der Waals surface area contributed by atoms with Crippen LogP contribution in [0.4, 0.5) is 26.3 Å². The van der Waals surface area contributed by atoms with Gasteiger partial charge in [-0.15, -0.1) is 0 Å². The van der Waals surface area contributed by atoms with Crippen LogP contribution in [0, 0.1) is 11.6 Å². The molecule has 0 fully saturated rings. The highest BCUT2D eigenvalue weighted by Gasteiger charge is 2.31. The first-order chi connectivity index (χ1) is 14.0. The van der Waals surface area contributed by atoms with E-state index >= 15 is 0 Å². The second kappa shape index (κ2) is 8.09. The van der Waals surface area contributed by atoms with Crippen molar-refractivity contribution in [3.8, 4) is 0 Å². The van der Waals surface area contributed by atoms with Crippen molar-refractivity contribution in [3.63, 3.8) is 0 Å². The van der Waals surface area contributed by atoms with Gasteiger partial charge in [0.25, 0.3) is 0 Å². The number of nitrogens with two attached hydrogens (primary N) is 1. The van der Waals surface area contributed by atoms with Crippen molar-refractivity contribution in [2.75, 3.05) is 12.8 Å². The summed E-state index contributed by atoms with van der Waals surface area (Å²) in [5.41, 5.74) is 3.75. The normalized spacial score (nSPS) is 20.3. The minimum atomic E-state index is -4.63. The zero-order chi connectivity index (χ0) is 22.2. The standard InChI is InChI=1S/C18H14F6N4OS/c1-28-17(25)27-15(8-30(28)29)11-4-9(6-13(20)16(11)21)5-12(19)14-3-2-10(7-26-14)18(22,23)24/h2-7,15H,8H2,1H3,(H2,25,27)/b12-5-. The number of pyridine rings is 1. The average molecular weight is 448 g/mol. The smallest absolute Gasteiger partial charge is 0.369 e. The number of hydrogen-bond donors (Lipinski definition) is 1. The maximum Gasteiger partial charge on any atom is 0.417 e. The lowest BCUT2D eigenvalue weighted by molar-refractivity contribution is -0.137. The first kappa shape index (κ1) is 21.8. The molecule has 0 spiro atoms. The molecule has 0 saturated carbocycles. The molecule has 2 atom stereocenters. The minimum Gasteiger partial charge on any atom is -0.369 e. The molecule has 0 amide bonds. The van der Waals surface area contributed by atoms with Gasteiger partial charge in [-0.25, -0.2) is 22.4 Å². The van der Waals surface area contributed by atoms with E-state index in [1.807, 2.05) is 0 Å². The first-order valence-corrected chi connectivity index (χ1v) is 9.60. The predicted molar refractivity (Wildman–Crippen MR) is 99.7 cm³/mol. The first-order valence-electron chi connectivity index (χ1n) is 8.32. The van der Waals surface area contributed by atoms with Gasteiger partial charge >= 0.3 is 6.18 Å². The van der Waals surface area contributed by atoms with Crippen LogP contribution >= 0.6 is 0 Å². The van der Waals surface area contributed by atoms with Gasteiger partial charge in [0.15, 0.2) is 11.6 Å². The fourth-order valence-electron chi connectivity index (χ4n) is 2.67. The summed E-state index contributed by atoms with van der Waals surface area (Å²) >= 11 is 0. The van der Waals surface area contributed by atoms with Crippen LogP contribution in [0.15, 0.2) is 35.5 Å². The highest BCUT2D eigenvalue weighted by Crippen LogP contribution is 2.31. The van der Waals surface area contributed by atoms with Crippen molar-refractivity contribution in [2.45, 2.75) is 12.2 Å². The van der Waals surface area contributed by atoms with E-state index < -0.39 is 51.9 Å². The molecule has 1 aromatic heterocycles. The van der Waals surface area contributed by atoms with E-state index in [2.05, 4.69) is 9.98 Å². The largest absolute Gasteiger partial charge is 0.417 e. The Morgan fingerprint density at radius 1 is 1.30 bits per heavy atom. The number of benzene rings is 1. The highest BCUT2D eigenvalue weighted by molar-refractivity contribution is 7.83. The summed E-state index contributed by atoms with van der Waals surface area (Å²) in [7, 11) is -0.196. The summed E-state index contributed by atoms with van der Waals surface area (Å²) in [4.78, 5) is 7.39. The summed E-state index contributed by atoms with van der Waals surface area (Å²) in [5.74, 6) is -3.90. The Kier molecular flexibility index (Phi) is 5.88.